The molecule has 0 aliphatic heterocycles. The van der Waals surface area contributed by atoms with Gasteiger partial charge in [0.15, 0.2) is 11.6 Å². The fourth-order valence-electron chi connectivity index (χ4n) is 1.37. The van der Waals surface area contributed by atoms with Gasteiger partial charge < -0.3 is 9.47 Å². The van der Waals surface area contributed by atoms with Crippen molar-refractivity contribution in [3.05, 3.63) is 22.8 Å². The number of esters is 2. The van der Waals surface area contributed by atoms with E-state index >= 15 is 0 Å². The molecule has 0 unspecified atom stereocenters. The number of methoxy groups -OCH3 is 2. The molecule has 17 heavy (non-hydrogen) atoms. The van der Waals surface area contributed by atoms with E-state index in [0.29, 0.717) is 0 Å². The maximum Gasteiger partial charge on any atom is 0.342 e. The highest BCUT2D eigenvalue weighted by molar-refractivity contribution is 6.39. The molecule has 1 rings (SSSR count). The fraction of sp³-hybridized carbons (Fsp3) is 0.273. The molecule has 6 nitrogen and oxygen atoms in total. The molecule has 0 aromatic carbocycles. The summed E-state index contributed by atoms with van der Waals surface area (Å²) in [6, 6.07) is 0. The van der Waals surface area contributed by atoms with E-state index in [1.807, 2.05) is 0 Å². The first-order valence-corrected chi connectivity index (χ1v) is 4.62. The third kappa shape index (κ3) is 2.15. The van der Waals surface area contributed by atoms with Gasteiger partial charge in [0.25, 0.3) is 0 Å². The molecule has 0 saturated carbocycles. The predicted octanol–water partition coefficient (Wildman–Crippen LogP) is -0.273. The van der Waals surface area contributed by atoms with Crippen molar-refractivity contribution in [2.75, 3.05) is 14.2 Å². The molecule has 0 bridgehead atoms. The van der Waals surface area contributed by atoms with Crippen molar-refractivity contribution in [3.63, 3.8) is 0 Å². The van der Waals surface area contributed by atoms with Crippen LogP contribution in [-0.4, -0.2) is 37.7 Å². The third-order valence-electron chi connectivity index (χ3n) is 2.21. The number of ether oxygens (including phenoxy) is 2. The van der Waals surface area contributed by atoms with Gasteiger partial charge in [0.05, 0.1) is 14.2 Å². The van der Waals surface area contributed by atoms with Gasteiger partial charge in [-0.1, -0.05) is 0 Å². The van der Waals surface area contributed by atoms with Crippen LogP contribution < -0.4 is 0 Å². The molecule has 0 amide bonds. The van der Waals surface area contributed by atoms with Crippen LogP contribution in [0.3, 0.4) is 0 Å². The lowest BCUT2D eigenvalue weighted by molar-refractivity contribution is -0.142. The Labute approximate surface area is 96.9 Å². The molecule has 0 fully saturated rings. The molecular weight excluding hydrogens is 228 g/mol. The Morgan fingerprint density at radius 2 is 1.47 bits per heavy atom. The van der Waals surface area contributed by atoms with Crippen LogP contribution in [0.5, 0.6) is 0 Å². The number of carbonyl (C=O) groups is 4. The lowest BCUT2D eigenvalue weighted by Gasteiger charge is -2.13. The van der Waals surface area contributed by atoms with Crippen LogP contribution in [0.2, 0.25) is 0 Å². The number of hydrogen-bond acceptors (Lipinski definition) is 6. The lowest BCUT2D eigenvalue weighted by atomic mass is 9.90. The van der Waals surface area contributed by atoms with E-state index < -0.39 is 34.7 Å². The van der Waals surface area contributed by atoms with Crippen LogP contribution in [0.4, 0.5) is 0 Å². The van der Waals surface area contributed by atoms with Gasteiger partial charge in [0.1, 0.15) is 11.1 Å². The molecular formula is C11H10O6. The van der Waals surface area contributed by atoms with Gasteiger partial charge in [-0.25, -0.2) is 9.59 Å². The minimum absolute atomic E-state index is 0.0723. The normalized spacial score (nSPS) is 15.6. The van der Waals surface area contributed by atoms with Crippen molar-refractivity contribution < 1.29 is 28.7 Å². The molecule has 0 spiro atoms. The number of rotatable bonds is 2. The zero-order valence-corrected chi connectivity index (χ0v) is 9.53. The molecule has 0 heterocycles. The van der Waals surface area contributed by atoms with Crippen LogP contribution in [0.25, 0.3) is 0 Å². The second-order valence-corrected chi connectivity index (χ2v) is 3.25. The lowest BCUT2D eigenvalue weighted by Crippen LogP contribution is -2.28. The van der Waals surface area contributed by atoms with Crippen LogP contribution in [0.15, 0.2) is 22.8 Å². The van der Waals surface area contributed by atoms with E-state index in [0.717, 1.165) is 20.3 Å². The molecule has 0 aromatic heterocycles. The summed E-state index contributed by atoms with van der Waals surface area (Å²) in [4.78, 5) is 46.1. The van der Waals surface area contributed by atoms with Crippen LogP contribution in [0, 0.1) is 0 Å². The Morgan fingerprint density at radius 1 is 1.00 bits per heavy atom. The van der Waals surface area contributed by atoms with Crippen molar-refractivity contribution in [2.24, 2.45) is 0 Å². The number of carbonyl (C=O) groups excluding carboxylic acids is 4. The number of ketones is 2. The number of Topliss-reactive ketones (excluding diaryl/α,β-unsaturated/α-hetero) is 1. The van der Waals surface area contributed by atoms with Gasteiger partial charge in [0, 0.05) is 5.57 Å². The van der Waals surface area contributed by atoms with Crippen molar-refractivity contribution in [1.29, 1.82) is 0 Å². The average Bonchev–Trinajstić information content (AvgIpc) is 2.31. The Balaban J connectivity index is 3.45. The van der Waals surface area contributed by atoms with Gasteiger partial charge in [0.2, 0.25) is 0 Å². The predicted molar refractivity (Wildman–Crippen MR) is 54.8 cm³/mol. The van der Waals surface area contributed by atoms with Gasteiger partial charge in [-0.2, -0.15) is 0 Å². The minimum atomic E-state index is -1.03. The summed E-state index contributed by atoms with van der Waals surface area (Å²) < 4.78 is 8.74. The van der Waals surface area contributed by atoms with E-state index in [1.54, 1.807) is 0 Å². The average molecular weight is 238 g/mol. The highest BCUT2D eigenvalue weighted by Gasteiger charge is 2.36. The first kappa shape index (κ1) is 12.8. The topological polar surface area (TPSA) is 86.7 Å². The standard InChI is InChI=1S/C11H10O6/c1-5-4-6(12)7(10(14)16-2)8(9(5)13)11(15)17-3/h4H,1-3H3. The SMILES string of the molecule is COC(=O)C1=C(C(=O)OC)C(=O)C(C)=CC1=O. The summed E-state index contributed by atoms with van der Waals surface area (Å²) in [5.74, 6) is -3.52. The van der Waals surface area contributed by atoms with Crippen molar-refractivity contribution in [2.45, 2.75) is 6.92 Å². The zero-order valence-electron chi connectivity index (χ0n) is 9.53. The quantitative estimate of drug-likeness (QED) is 0.374. The summed E-state index contributed by atoms with van der Waals surface area (Å²) in [7, 11) is 2.10. The highest BCUT2D eigenvalue weighted by atomic mass is 16.5. The molecule has 0 aromatic rings. The summed E-state index contributed by atoms with van der Waals surface area (Å²) in [6.07, 6.45) is 0.987. The monoisotopic (exact) mass is 238 g/mol. The first-order chi connectivity index (χ1) is 7.93. The van der Waals surface area contributed by atoms with E-state index in [4.69, 9.17) is 0 Å². The molecule has 1 aliphatic rings. The van der Waals surface area contributed by atoms with E-state index in [1.165, 1.54) is 6.92 Å². The van der Waals surface area contributed by atoms with Crippen LogP contribution in [-0.2, 0) is 28.7 Å². The minimum Gasteiger partial charge on any atom is -0.465 e. The van der Waals surface area contributed by atoms with E-state index in [2.05, 4.69) is 9.47 Å². The summed E-state index contributed by atoms with van der Waals surface area (Å²) in [5, 5.41) is 0. The largest absolute Gasteiger partial charge is 0.465 e. The molecule has 0 N–H and O–H groups in total. The molecule has 0 radical (unpaired) electrons. The van der Waals surface area contributed by atoms with Gasteiger partial charge in [-0.3, -0.25) is 9.59 Å². The van der Waals surface area contributed by atoms with E-state index in [9.17, 15) is 19.2 Å². The summed E-state index contributed by atoms with van der Waals surface area (Å²) in [5.41, 5.74) is -1.10. The Bertz CT molecular complexity index is 480. The van der Waals surface area contributed by atoms with Gasteiger partial charge >= 0.3 is 11.9 Å². The molecule has 1 aliphatic carbocycles. The maximum atomic E-state index is 11.7. The number of hydrogen-bond donors (Lipinski definition) is 0. The number of allylic oxidation sites excluding steroid dienone is 2. The zero-order chi connectivity index (χ0) is 13.2. The Morgan fingerprint density at radius 3 is 1.94 bits per heavy atom. The van der Waals surface area contributed by atoms with Crippen molar-refractivity contribution in [3.8, 4) is 0 Å². The molecule has 6 heteroatoms. The van der Waals surface area contributed by atoms with Gasteiger partial charge in [-0.05, 0) is 13.0 Å². The Kier molecular flexibility index (Phi) is 3.57. The molecule has 0 atom stereocenters. The summed E-state index contributed by atoms with van der Waals surface area (Å²) in [6.45, 7) is 1.37. The maximum absolute atomic E-state index is 11.7. The first-order valence-electron chi connectivity index (χ1n) is 4.62. The van der Waals surface area contributed by atoms with E-state index in [-0.39, 0.29) is 5.57 Å². The molecule has 90 valence electrons. The third-order valence-corrected chi connectivity index (χ3v) is 2.21. The van der Waals surface area contributed by atoms with Crippen molar-refractivity contribution >= 4 is 23.5 Å². The van der Waals surface area contributed by atoms with Gasteiger partial charge in [-0.15, -0.1) is 0 Å². The van der Waals surface area contributed by atoms with Crippen LogP contribution in [0.1, 0.15) is 6.92 Å². The summed E-state index contributed by atoms with van der Waals surface area (Å²) >= 11 is 0. The van der Waals surface area contributed by atoms with Crippen LogP contribution >= 0.6 is 0 Å². The second kappa shape index (κ2) is 4.73. The second-order valence-electron chi connectivity index (χ2n) is 3.25. The highest BCUT2D eigenvalue weighted by Crippen LogP contribution is 2.21. The Hall–Kier alpha value is -2.24. The fourth-order valence-corrected chi connectivity index (χ4v) is 1.37. The van der Waals surface area contributed by atoms with Crippen molar-refractivity contribution in [1.82, 2.24) is 0 Å². The smallest absolute Gasteiger partial charge is 0.342 e. The molecule has 0 saturated heterocycles.